The highest BCUT2D eigenvalue weighted by atomic mass is 19.1. The molecule has 6 nitrogen and oxygen atoms in total. The Bertz CT molecular complexity index is 555. The second-order valence-electron chi connectivity index (χ2n) is 3.77. The van der Waals surface area contributed by atoms with Gasteiger partial charge in [0.25, 0.3) is 0 Å². The summed E-state index contributed by atoms with van der Waals surface area (Å²) in [6, 6.07) is 6.13. The van der Waals surface area contributed by atoms with E-state index in [9.17, 15) is 9.18 Å². The van der Waals surface area contributed by atoms with E-state index in [0.717, 1.165) is 5.56 Å². The zero-order valence-corrected chi connectivity index (χ0v) is 9.45. The van der Waals surface area contributed by atoms with Gasteiger partial charge in [-0.3, -0.25) is 4.79 Å². The number of tetrazole rings is 1. The minimum atomic E-state index is -0.915. The van der Waals surface area contributed by atoms with Gasteiger partial charge in [0.15, 0.2) is 5.82 Å². The maximum absolute atomic E-state index is 13.0. The van der Waals surface area contributed by atoms with Crippen molar-refractivity contribution >= 4 is 5.97 Å². The van der Waals surface area contributed by atoms with E-state index in [0.29, 0.717) is 12.2 Å². The van der Waals surface area contributed by atoms with Crippen LogP contribution in [0.25, 0.3) is 0 Å². The standard InChI is InChI=1S/C11H11FN4O2/c12-9-3-1-2-8(6-9)7-10-13-14-15-16(10)5-4-11(17)18/h1-3,6H,4-5,7H2,(H,17,18). The van der Waals surface area contributed by atoms with E-state index < -0.39 is 5.97 Å². The molecule has 0 fully saturated rings. The molecule has 0 aliphatic rings. The first-order chi connectivity index (χ1) is 8.65. The monoisotopic (exact) mass is 250 g/mol. The zero-order valence-electron chi connectivity index (χ0n) is 9.45. The summed E-state index contributed by atoms with van der Waals surface area (Å²) in [6.07, 6.45) is 0.311. The third kappa shape index (κ3) is 3.09. The van der Waals surface area contributed by atoms with Crippen molar-refractivity contribution in [2.24, 2.45) is 0 Å². The Kier molecular flexibility index (Phi) is 3.61. The third-order valence-electron chi connectivity index (χ3n) is 2.39. The molecule has 0 spiro atoms. The number of halogens is 1. The zero-order chi connectivity index (χ0) is 13.0. The molecule has 1 aromatic carbocycles. The molecule has 0 unspecified atom stereocenters. The molecular formula is C11H11FN4O2. The molecule has 0 bridgehead atoms. The summed E-state index contributed by atoms with van der Waals surface area (Å²) in [5, 5.41) is 19.6. The van der Waals surface area contributed by atoms with Crippen molar-refractivity contribution in [2.45, 2.75) is 19.4 Å². The molecule has 0 saturated heterocycles. The van der Waals surface area contributed by atoms with Crippen LogP contribution in [0.5, 0.6) is 0 Å². The lowest BCUT2D eigenvalue weighted by molar-refractivity contribution is -0.137. The smallest absolute Gasteiger partial charge is 0.305 e. The second-order valence-corrected chi connectivity index (χ2v) is 3.77. The highest BCUT2D eigenvalue weighted by Gasteiger charge is 2.09. The van der Waals surface area contributed by atoms with Crippen molar-refractivity contribution in [3.8, 4) is 0 Å². The van der Waals surface area contributed by atoms with Crippen LogP contribution in [-0.2, 0) is 17.8 Å². The number of rotatable bonds is 5. The van der Waals surface area contributed by atoms with Crippen LogP contribution in [0.1, 0.15) is 17.8 Å². The lowest BCUT2D eigenvalue weighted by Crippen LogP contribution is -2.10. The Labute approximate surface area is 102 Å². The van der Waals surface area contributed by atoms with Gasteiger partial charge in [-0.1, -0.05) is 12.1 Å². The van der Waals surface area contributed by atoms with Crippen LogP contribution in [-0.4, -0.2) is 31.3 Å². The summed E-state index contributed by atoms with van der Waals surface area (Å²) in [4.78, 5) is 10.5. The number of benzene rings is 1. The molecule has 0 saturated carbocycles. The predicted octanol–water partition coefficient (Wildman–Crippen LogP) is 0.878. The quantitative estimate of drug-likeness (QED) is 0.851. The van der Waals surface area contributed by atoms with Gasteiger partial charge in [0.05, 0.1) is 13.0 Å². The van der Waals surface area contributed by atoms with Crippen LogP contribution in [0.2, 0.25) is 0 Å². The number of aliphatic carboxylic acids is 1. The summed E-state index contributed by atoms with van der Waals surface area (Å²) in [5.74, 6) is -0.721. The molecule has 2 rings (SSSR count). The van der Waals surface area contributed by atoms with Gasteiger partial charge in [0, 0.05) is 6.42 Å². The highest BCUT2D eigenvalue weighted by molar-refractivity contribution is 5.66. The lowest BCUT2D eigenvalue weighted by Gasteiger charge is -2.03. The van der Waals surface area contributed by atoms with Gasteiger partial charge in [-0.05, 0) is 28.1 Å². The second kappa shape index (κ2) is 5.35. The van der Waals surface area contributed by atoms with Crippen LogP contribution in [0.3, 0.4) is 0 Å². The SMILES string of the molecule is O=C(O)CCn1nnnc1Cc1cccc(F)c1. The summed E-state index contributed by atoms with van der Waals surface area (Å²) >= 11 is 0. The Balaban J connectivity index is 2.10. The van der Waals surface area contributed by atoms with E-state index in [2.05, 4.69) is 15.5 Å². The molecule has 0 amide bonds. The third-order valence-corrected chi connectivity index (χ3v) is 2.39. The minimum Gasteiger partial charge on any atom is -0.481 e. The van der Waals surface area contributed by atoms with E-state index in [1.165, 1.54) is 16.8 Å². The van der Waals surface area contributed by atoms with Gasteiger partial charge in [-0.2, -0.15) is 0 Å². The fourth-order valence-electron chi connectivity index (χ4n) is 1.55. The molecule has 1 aromatic heterocycles. The molecular weight excluding hydrogens is 239 g/mol. The van der Waals surface area contributed by atoms with Gasteiger partial charge in [-0.15, -0.1) is 5.10 Å². The number of carboxylic acids is 1. The van der Waals surface area contributed by atoms with E-state index in [1.54, 1.807) is 12.1 Å². The number of hydrogen-bond donors (Lipinski definition) is 1. The number of nitrogens with zero attached hydrogens (tertiary/aromatic N) is 4. The van der Waals surface area contributed by atoms with E-state index >= 15 is 0 Å². The van der Waals surface area contributed by atoms with Gasteiger partial charge in [-0.25, -0.2) is 9.07 Å². The number of carbonyl (C=O) groups is 1. The van der Waals surface area contributed by atoms with Crippen molar-refractivity contribution in [2.75, 3.05) is 0 Å². The van der Waals surface area contributed by atoms with Gasteiger partial charge < -0.3 is 5.11 Å². The molecule has 7 heteroatoms. The molecule has 1 heterocycles. The van der Waals surface area contributed by atoms with Crippen LogP contribution in [0.15, 0.2) is 24.3 Å². The Morgan fingerprint density at radius 1 is 1.44 bits per heavy atom. The van der Waals surface area contributed by atoms with E-state index in [1.807, 2.05) is 0 Å². The first kappa shape index (κ1) is 12.2. The number of aryl methyl sites for hydroxylation is 1. The number of aromatic nitrogens is 4. The van der Waals surface area contributed by atoms with E-state index in [-0.39, 0.29) is 18.8 Å². The van der Waals surface area contributed by atoms with Gasteiger partial charge in [0.2, 0.25) is 0 Å². The van der Waals surface area contributed by atoms with Crippen molar-refractivity contribution in [1.82, 2.24) is 20.2 Å². The molecule has 2 aromatic rings. The average Bonchev–Trinajstić information content (AvgIpc) is 2.74. The fraction of sp³-hybridized carbons (Fsp3) is 0.273. The summed E-state index contributed by atoms with van der Waals surface area (Å²) < 4.78 is 14.4. The van der Waals surface area contributed by atoms with E-state index in [4.69, 9.17) is 5.11 Å². The largest absolute Gasteiger partial charge is 0.481 e. The lowest BCUT2D eigenvalue weighted by atomic mass is 10.1. The first-order valence-corrected chi connectivity index (χ1v) is 5.36. The fourth-order valence-corrected chi connectivity index (χ4v) is 1.55. The predicted molar refractivity (Wildman–Crippen MR) is 59.3 cm³/mol. The first-order valence-electron chi connectivity index (χ1n) is 5.36. The molecule has 0 aliphatic carbocycles. The van der Waals surface area contributed by atoms with Crippen molar-refractivity contribution < 1.29 is 14.3 Å². The molecule has 0 radical (unpaired) electrons. The molecule has 94 valence electrons. The topological polar surface area (TPSA) is 80.9 Å². The Hall–Kier alpha value is -2.31. The molecule has 18 heavy (non-hydrogen) atoms. The number of hydrogen-bond acceptors (Lipinski definition) is 4. The Morgan fingerprint density at radius 2 is 2.28 bits per heavy atom. The van der Waals surface area contributed by atoms with Crippen LogP contribution >= 0.6 is 0 Å². The normalized spacial score (nSPS) is 10.5. The highest BCUT2D eigenvalue weighted by Crippen LogP contribution is 2.08. The molecule has 1 N–H and O–H groups in total. The maximum atomic E-state index is 13.0. The van der Waals surface area contributed by atoms with Crippen LogP contribution < -0.4 is 0 Å². The number of carboxylic acid groups (broad SMARTS) is 1. The van der Waals surface area contributed by atoms with Crippen LogP contribution in [0.4, 0.5) is 4.39 Å². The van der Waals surface area contributed by atoms with Crippen molar-refractivity contribution in [1.29, 1.82) is 0 Å². The summed E-state index contributed by atoms with van der Waals surface area (Å²) in [6.45, 7) is 0.201. The van der Waals surface area contributed by atoms with Crippen molar-refractivity contribution in [3.05, 3.63) is 41.5 Å². The summed E-state index contributed by atoms with van der Waals surface area (Å²) in [7, 11) is 0. The average molecular weight is 250 g/mol. The Morgan fingerprint density at radius 3 is 3.00 bits per heavy atom. The minimum absolute atomic E-state index is 0.0544. The van der Waals surface area contributed by atoms with Crippen LogP contribution in [0, 0.1) is 5.82 Å². The summed E-state index contributed by atoms with van der Waals surface area (Å²) in [5.41, 5.74) is 0.737. The van der Waals surface area contributed by atoms with Crippen molar-refractivity contribution in [3.63, 3.8) is 0 Å². The molecule has 0 atom stereocenters. The van der Waals surface area contributed by atoms with Gasteiger partial charge in [0.1, 0.15) is 5.82 Å². The molecule has 0 aliphatic heterocycles. The maximum Gasteiger partial charge on any atom is 0.305 e. The van der Waals surface area contributed by atoms with Gasteiger partial charge >= 0.3 is 5.97 Å².